The molecule has 0 atom stereocenters. The van der Waals surface area contributed by atoms with E-state index in [9.17, 15) is 0 Å². The smallest absolute Gasteiger partial charge is 0.0701 e. The van der Waals surface area contributed by atoms with Crippen molar-refractivity contribution >= 4 is 0 Å². The van der Waals surface area contributed by atoms with Crippen molar-refractivity contribution in [3.63, 3.8) is 0 Å². The third kappa shape index (κ3) is 9.57. The fourth-order valence-corrected chi connectivity index (χ4v) is 1.77. The highest BCUT2D eigenvalue weighted by atomic mass is 16.5. The van der Waals surface area contributed by atoms with E-state index in [-0.39, 0.29) is 0 Å². The zero-order valence-electron chi connectivity index (χ0n) is 13.3. The first-order chi connectivity index (χ1) is 10.4. The van der Waals surface area contributed by atoms with Crippen LogP contribution in [0.2, 0.25) is 0 Å². The molecule has 0 aliphatic carbocycles. The number of ether oxygens (including phenoxy) is 3. The van der Waals surface area contributed by atoms with Gasteiger partial charge in [-0.3, -0.25) is 4.68 Å². The van der Waals surface area contributed by atoms with Crippen LogP contribution in [-0.4, -0.2) is 56.5 Å². The molecule has 0 amide bonds. The molecule has 122 valence electrons. The van der Waals surface area contributed by atoms with Crippen molar-refractivity contribution < 1.29 is 14.2 Å². The number of hydrogen-bond acceptors (Lipinski definition) is 5. The number of hydrogen-bond donors (Lipinski definition) is 1. The Morgan fingerprint density at radius 3 is 2.38 bits per heavy atom. The first-order valence-corrected chi connectivity index (χ1v) is 7.76. The topological polar surface area (TPSA) is 57.5 Å². The average Bonchev–Trinajstić information content (AvgIpc) is 2.93. The van der Waals surface area contributed by atoms with Crippen LogP contribution < -0.4 is 5.32 Å². The molecule has 0 spiro atoms. The lowest BCUT2D eigenvalue weighted by Crippen LogP contribution is -2.12. The molecule has 6 heteroatoms. The molecule has 0 radical (unpaired) electrons. The van der Waals surface area contributed by atoms with Gasteiger partial charge in [0.2, 0.25) is 0 Å². The molecule has 0 saturated carbocycles. The van der Waals surface area contributed by atoms with Gasteiger partial charge in [0.05, 0.1) is 45.8 Å². The van der Waals surface area contributed by atoms with Gasteiger partial charge in [-0.05, 0) is 13.5 Å². The first kappa shape index (κ1) is 18.1. The Morgan fingerprint density at radius 1 is 1.05 bits per heavy atom. The molecule has 0 saturated heterocycles. The summed E-state index contributed by atoms with van der Waals surface area (Å²) in [6, 6.07) is 0. The van der Waals surface area contributed by atoms with Gasteiger partial charge in [0.1, 0.15) is 0 Å². The molecule has 0 fully saturated rings. The van der Waals surface area contributed by atoms with Crippen molar-refractivity contribution in [2.45, 2.75) is 32.9 Å². The summed E-state index contributed by atoms with van der Waals surface area (Å²) in [5.74, 6) is 0. The van der Waals surface area contributed by atoms with Crippen LogP contribution >= 0.6 is 0 Å². The van der Waals surface area contributed by atoms with Crippen molar-refractivity contribution in [3.05, 3.63) is 18.0 Å². The highest BCUT2D eigenvalue weighted by Gasteiger charge is 1.97. The fraction of sp³-hybridized carbons (Fsp3) is 0.800. The van der Waals surface area contributed by atoms with Gasteiger partial charge in [-0.15, -0.1) is 0 Å². The molecule has 1 aromatic heterocycles. The van der Waals surface area contributed by atoms with Gasteiger partial charge in [0.15, 0.2) is 0 Å². The highest BCUT2D eigenvalue weighted by molar-refractivity contribution is 5.02. The third-order valence-corrected chi connectivity index (χ3v) is 2.92. The fourth-order valence-electron chi connectivity index (χ4n) is 1.77. The Morgan fingerprint density at radius 2 is 1.71 bits per heavy atom. The van der Waals surface area contributed by atoms with Gasteiger partial charge < -0.3 is 19.5 Å². The molecule has 0 aliphatic heterocycles. The number of nitrogens with zero attached hydrogens (tertiary/aromatic N) is 2. The summed E-state index contributed by atoms with van der Waals surface area (Å²) in [7, 11) is 1.93. The van der Waals surface area contributed by atoms with Gasteiger partial charge in [-0.25, -0.2) is 0 Å². The number of unbranched alkanes of at least 4 members (excludes halogenated alkanes) is 1. The standard InChI is InChI=1S/C15H29N3O3/c1-3-4-6-19-8-10-21-11-9-20-7-5-18-14-15(12-16-2)13-17-18/h13-14,16H,3-12H2,1-2H3. The van der Waals surface area contributed by atoms with Crippen LogP contribution in [0.1, 0.15) is 25.3 Å². The van der Waals surface area contributed by atoms with Crippen LogP contribution in [0, 0.1) is 0 Å². The second-order valence-electron chi connectivity index (χ2n) is 4.83. The van der Waals surface area contributed by atoms with Crippen molar-refractivity contribution in [1.29, 1.82) is 0 Å². The van der Waals surface area contributed by atoms with E-state index in [1.807, 2.05) is 24.1 Å². The first-order valence-electron chi connectivity index (χ1n) is 7.76. The maximum atomic E-state index is 5.51. The van der Waals surface area contributed by atoms with Crippen LogP contribution in [0.15, 0.2) is 12.4 Å². The van der Waals surface area contributed by atoms with E-state index in [1.165, 1.54) is 12.0 Å². The SMILES string of the molecule is CCCCOCCOCCOCCn1cc(CNC)cn1. The molecule has 1 aromatic rings. The number of aromatic nitrogens is 2. The van der Waals surface area contributed by atoms with Crippen LogP contribution in [0.25, 0.3) is 0 Å². The molecular formula is C15H29N3O3. The minimum absolute atomic E-state index is 0.611. The van der Waals surface area contributed by atoms with E-state index in [0.29, 0.717) is 33.0 Å². The van der Waals surface area contributed by atoms with E-state index in [1.54, 1.807) is 0 Å². The summed E-state index contributed by atoms with van der Waals surface area (Å²) in [6.45, 7) is 7.77. The Kier molecular flexibility index (Phi) is 11.0. The Labute approximate surface area is 127 Å². The van der Waals surface area contributed by atoms with Gasteiger partial charge >= 0.3 is 0 Å². The Balaban J connectivity index is 1.86. The average molecular weight is 299 g/mol. The molecule has 1 heterocycles. The summed E-state index contributed by atoms with van der Waals surface area (Å²) in [5, 5.41) is 7.36. The molecule has 1 rings (SSSR count). The van der Waals surface area contributed by atoms with E-state index in [4.69, 9.17) is 14.2 Å². The predicted octanol–water partition coefficient (Wildman–Crippen LogP) is 1.45. The molecule has 1 N–H and O–H groups in total. The second kappa shape index (κ2) is 12.8. The van der Waals surface area contributed by atoms with E-state index < -0.39 is 0 Å². The lowest BCUT2D eigenvalue weighted by Gasteiger charge is -2.06. The molecule has 0 bridgehead atoms. The van der Waals surface area contributed by atoms with Crippen LogP contribution in [0.5, 0.6) is 0 Å². The molecule has 0 unspecified atom stereocenters. The molecule has 0 aromatic carbocycles. The van der Waals surface area contributed by atoms with Crippen LogP contribution in [0.4, 0.5) is 0 Å². The lowest BCUT2D eigenvalue weighted by atomic mass is 10.4. The number of nitrogens with one attached hydrogen (secondary N) is 1. The van der Waals surface area contributed by atoms with Crippen molar-refractivity contribution in [2.75, 3.05) is 46.7 Å². The van der Waals surface area contributed by atoms with Crippen molar-refractivity contribution in [1.82, 2.24) is 15.1 Å². The summed E-state index contributed by atoms with van der Waals surface area (Å²) in [4.78, 5) is 0. The van der Waals surface area contributed by atoms with E-state index in [0.717, 1.165) is 26.1 Å². The maximum Gasteiger partial charge on any atom is 0.0701 e. The summed E-state index contributed by atoms with van der Waals surface area (Å²) in [5.41, 5.74) is 1.18. The molecule has 6 nitrogen and oxygen atoms in total. The van der Waals surface area contributed by atoms with Crippen molar-refractivity contribution in [3.8, 4) is 0 Å². The minimum Gasteiger partial charge on any atom is -0.379 e. The molecule has 0 aliphatic rings. The van der Waals surface area contributed by atoms with E-state index in [2.05, 4.69) is 17.3 Å². The molecular weight excluding hydrogens is 270 g/mol. The zero-order valence-corrected chi connectivity index (χ0v) is 13.3. The maximum absolute atomic E-state index is 5.51. The Bertz CT molecular complexity index is 345. The zero-order chi connectivity index (χ0) is 15.2. The largest absolute Gasteiger partial charge is 0.379 e. The summed E-state index contributed by atoms with van der Waals surface area (Å²) >= 11 is 0. The van der Waals surface area contributed by atoms with Gasteiger partial charge in [-0.2, -0.15) is 5.10 Å². The van der Waals surface area contributed by atoms with Crippen molar-refractivity contribution in [2.24, 2.45) is 0 Å². The summed E-state index contributed by atoms with van der Waals surface area (Å²) < 4.78 is 18.2. The third-order valence-electron chi connectivity index (χ3n) is 2.92. The minimum atomic E-state index is 0.611. The summed E-state index contributed by atoms with van der Waals surface area (Å²) in [6.07, 6.45) is 6.19. The highest BCUT2D eigenvalue weighted by Crippen LogP contribution is 1.96. The van der Waals surface area contributed by atoms with Gasteiger partial charge in [0.25, 0.3) is 0 Å². The van der Waals surface area contributed by atoms with Gasteiger partial charge in [0, 0.05) is 24.9 Å². The van der Waals surface area contributed by atoms with Gasteiger partial charge in [-0.1, -0.05) is 13.3 Å². The lowest BCUT2D eigenvalue weighted by molar-refractivity contribution is 0.0123. The van der Waals surface area contributed by atoms with Crippen LogP contribution in [-0.2, 0) is 27.3 Å². The van der Waals surface area contributed by atoms with Crippen LogP contribution in [0.3, 0.4) is 0 Å². The Hall–Kier alpha value is -0.950. The number of rotatable bonds is 14. The quantitative estimate of drug-likeness (QED) is 0.527. The normalized spacial score (nSPS) is 11.1. The monoisotopic (exact) mass is 299 g/mol. The molecule has 21 heavy (non-hydrogen) atoms. The predicted molar refractivity (Wildman–Crippen MR) is 82.4 cm³/mol. The van der Waals surface area contributed by atoms with E-state index >= 15 is 0 Å². The second-order valence-corrected chi connectivity index (χ2v) is 4.83.